The van der Waals surface area contributed by atoms with E-state index in [1.807, 2.05) is 6.07 Å². The van der Waals surface area contributed by atoms with Crippen LogP contribution in [0.4, 0.5) is 0 Å². The van der Waals surface area contributed by atoms with Gasteiger partial charge in [-0.3, -0.25) is 9.59 Å². The number of halogens is 1. The van der Waals surface area contributed by atoms with Gasteiger partial charge in [-0.1, -0.05) is 6.92 Å². The molecular weight excluding hydrogens is 431 g/mol. The fourth-order valence-corrected chi connectivity index (χ4v) is 6.17. The van der Waals surface area contributed by atoms with Crippen LogP contribution in [0.1, 0.15) is 56.6 Å². The van der Waals surface area contributed by atoms with Crippen molar-refractivity contribution in [3.63, 3.8) is 0 Å². The van der Waals surface area contributed by atoms with Crippen molar-refractivity contribution in [1.82, 2.24) is 0 Å². The van der Waals surface area contributed by atoms with Gasteiger partial charge in [0.25, 0.3) is 0 Å². The predicted molar refractivity (Wildman–Crippen MR) is 101 cm³/mol. The fourth-order valence-electron chi connectivity index (χ4n) is 5.68. The van der Waals surface area contributed by atoms with Gasteiger partial charge < -0.3 is 9.84 Å². The first-order chi connectivity index (χ1) is 11.8. The second-order valence-corrected chi connectivity index (χ2v) is 9.22. The van der Waals surface area contributed by atoms with E-state index in [4.69, 9.17) is 4.74 Å². The summed E-state index contributed by atoms with van der Waals surface area (Å²) in [6.07, 6.45) is 3.82. The van der Waals surface area contributed by atoms with E-state index < -0.39 is 0 Å². The highest BCUT2D eigenvalue weighted by Gasteiger charge is 2.57. The molecule has 4 nitrogen and oxygen atoms in total. The smallest absolute Gasteiger partial charge is 0.302 e. The zero-order chi connectivity index (χ0) is 17.9. The van der Waals surface area contributed by atoms with Crippen molar-refractivity contribution in [2.24, 2.45) is 17.3 Å². The third kappa shape index (κ3) is 2.61. The molecule has 0 amide bonds. The molecule has 0 spiro atoms. The second kappa shape index (κ2) is 5.96. The van der Waals surface area contributed by atoms with Crippen molar-refractivity contribution in [2.75, 3.05) is 0 Å². The van der Waals surface area contributed by atoms with Crippen LogP contribution in [-0.2, 0) is 20.7 Å². The van der Waals surface area contributed by atoms with Gasteiger partial charge in [0.1, 0.15) is 17.6 Å². The zero-order valence-electron chi connectivity index (χ0n) is 14.5. The van der Waals surface area contributed by atoms with Crippen LogP contribution in [0.3, 0.4) is 0 Å². The Bertz CT molecular complexity index is 758. The monoisotopic (exact) mass is 454 g/mol. The molecule has 1 aromatic carbocycles. The molecule has 0 saturated heterocycles. The summed E-state index contributed by atoms with van der Waals surface area (Å²) in [5.74, 6) is 1.18. The van der Waals surface area contributed by atoms with Gasteiger partial charge in [-0.25, -0.2) is 0 Å². The van der Waals surface area contributed by atoms with Crippen molar-refractivity contribution in [2.45, 2.75) is 58.0 Å². The molecule has 0 radical (unpaired) electrons. The molecule has 25 heavy (non-hydrogen) atoms. The zero-order valence-corrected chi connectivity index (χ0v) is 16.7. The maximum atomic E-state index is 12.5. The minimum absolute atomic E-state index is 0.196. The minimum atomic E-state index is -0.265. The second-order valence-electron chi connectivity index (χ2n) is 8.06. The Hall–Kier alpha value is -1.11. The van der Waals surface area contributed by atoms with Gasteiger partial charge in [-0.05, 0) is 76.9 Å². The average molecular weight is 454 g/mol. The molecule has 3 aliphatic rings. The molecule has 0 unspecified atom stereocenters. The van der Waals surface area contributed by atoms with Crippen molar-refractivity contribution < 1.29 is 19.4 Å². The summed E-state index contributed by atoms with van der Waals surface area (Å²) in [5.41, 5.74) is 2.09. The van der Waals surface area contributed by atoms with E-state index in [0.717, 1.165) is 28.4 Å². The molecule has 0 heterocycles. The highest BCUT2D eigenvalue weighted by atomic mass is 127. The van der Waals surface area contributed by atoms with Crippen molar-refractivity contribution in [1.29, 1.82) is 0 Å². The topological polar surface area (TPSA) is 63.6 Å². The number of ether oxygens (including phenoxy) is 1. The minimum Gasteiger partial charge on any atom is -0.507 e. The number of hydrogen-bond donors (Lipinski definition) is 1. The number of Topliss-reactive ketones (excluding diaryl/α,β-unsaturated/α-hetero) is 1. The number of aromatic hydroxyl groups is 1. The van der Waals surface area contributed by atoms with Gasteiger partial charge in [-0.2, -0.15) is 0 Å². The van der Waals surface area contributed by atoms with Gasteiger partial charge >= 0.3 is 5.97 Å². The number of rotatable bonds is 1. The fraction of sp³-hybridized carbons (Fsp3) is 0.600. The molecule has 4 rings (SSSR count). The summed E-state index contributed by atoms with van der Waals surface area (Å²) in [7, 11) is 0. The third-order valence-electron chi connectivity index (χ3n) is 6.82. The molecule has 5 heteroatoms. The number of phenolic OH excluding ortho intramolecular Hbond substituents is 1. The number of carbonyl (C=O) groups is 2. The summed E-state index contributed by atoms with van der Waals surface area (Å²) in [6, 6.07) is 3.92. The molecule has 1 aromatic rings. The molecule has 134 valence electrons. The number of hydrogen-bond acceptors (Lipinski definition) is 4. The number of esters is 1. The van der Waals surface area contributed by atoms with Crippen LogP contribution >= 0.6 is 22.6 Å². The normalized spacial score (nSPS) is 36.4. The SMILES string of the molecule is CC(=O)O[C@H]1Cc2cc(O)c(I)cc2[C@H]2CC[C@]3(C)C(=O)CC[C@H]3[C@H]12. The molecule has 2 fully saturated rings. The third-order valence-corrected chi connectivity index (χ3v) is 7.68. The van der Waals surface area contributed by atoms with Gasteiger partial charge in [-0.15, -0.1) is 0 Å². The van der Waals surface area contributed by atoms with E-state index in [2.05, 4.69) is 35.6 Å². The molecule has 0 aliphatic heterocycles. The first-order valence-corrected chi connectivity index (χ1v) is 10.1. The van der Waals surface area contributed by atoms with Crippen LogP contribution in [-0.4, -0.2) is 23.0 Å². The molecule has 3 aliphatic carbocycles. The van der Waals surface area contributed by atoms with Gasteiger partial charge in [0.2, 0.25) is 0 Å². The number of ketones is 1. The number of fused-ring (bicyclic) bond motifs is 5. The molecule has 1 N–H and O–H groups in total. The Balaban J connectivity index is 1.81. The van der Waals surface area contributed by atoms with E-state index in [0.29, 0.717) is 24.5 Å². The summed E-state index contributed by atoms with van der Waals surface area (Å²) in [4.78, 5) is 24.3. The number of phenols is 1. The predicted octanol–water partition coefficient (Wildman–Crippen LogP) is 3.96. The summed E-state index contributed by atoms with van der Waals surface area (Å²) in [5, 5.41) is 10.1. The van der Waals surface area contributed by atoms with Gasteiger partial charge in [0, 0.05) is 31.1 Å². The van der Waals surface area contributed by atoms with Crippen molar-refractivity contribution in [3.8, 4) is 5.75 Å². The van der Waals surface area contributed by atoms with Crippen LogP contribution in [0.2, 0.25) is 0 Å². The lowest BCUT2D eigenvalue weighted by Gasteiger charge is -2.50. The standard InChI is InChI=1S/C20H23IO4/c1-10(22)25-17-8-11-7-16(23)15(21)9-13(11)12-5-6-20(2)14(19(12)17)3-4-18(20)24/h7,9,12,14,17,19,23H,3-6,8H2,1-2H3/t12-,14+,17+,19-,20+/m1/s1. The Morgan fingerprint density at radius 2 is 2.12 bits per heavy atom. The highest BCUT2D eigenvalue weighted by molar-refractivity contribution is 14.1. The van der Waals surface area contributed by atoms with Crippen molar-refractivity contribution in [3.05, 3.63) is 26.8 Å². The Labute approximate surface area is 161 Å². The van der Waals surface area contributed by atoms with Crippen LogP contribution in [0, 0.1) is 20.8 Å². The van der Waals surface area contributed by atoms with Crippen molar-refractivity contribution >= 4 is 34.3 Å². The maximum Gasteiger partial charge on any atom is 0.302 e. The van der Waals surface area contributed by atoms with E-state index >= 15 is 0 Å². The first kappa shape index (κ1) is 17.3. The van der Waals surface area contributed by atoms with Crippen LogP contribution < -0.4 is 0 Å². The molecule has 2 saturated carbocycles. The molecule has 0 aromatic heterocycles. The van der Waals surface area contributed by atoms with Gasteiger partial charge in [0.15, 0.2) is 0 Å². The largest absolute Gasteiger partial charge is 0.507 e. The summed E-state index contributed by atoms with van der Waals surface area (Å²) >= 11 is 2.17. The molecule has 0 bridgehead atoms. The molecular formula is C20H23IO4. The lowest BCUT2D eigenvalue weighted by Crippen LogP contribution is -2.49. The van der Waals surface area contributed by atoms with E-state index in [9.17, 15) is 14.7 Å². The Morgan fingerprint density at radius 1 is 1.36 bits per heavy atom. The van der Waals surface area contributed by atoms with E-state index in [-0.39, 0.29) is 35.1 Å². The summed E-state index contributed by atoms with van der Waals surface area (Å²) in [6.45, 7) is 3.57. The highest BCUT2D eigenvalue weighted by Crippen LogP contribution is 2.60. The van der Waals surface area contributed by atoms with E-state index in [1.165, 1.54) is 12.5 Å². The average Bonchev–Trinajstić information content (AvgIpc) is 2.84. The quantitative estimate of drug-likeness (QED) is 0.516. The van der Waals surface area contributed by atoms with Gasteiger partial charge in [0.05, 0.1) is 3.57 Å². The number of benzene rings is 1. The van der Waals surface area contributed by atoms with Crippen LogP contribution in [0.15, 0.2) is 12.1 Å². The van der Waals surface area contributed by atoms with E-state index in [1.54, 1.807) is 0 Å². The molecule has 5 atom stereocenters. The van der Waals surface area contributed by atoms with Crippen LogP contribution in [0.25, 0.3) is 0 Å². The lowest BCUT2D eigenvalue weighted by molar-refractivity contribution is -0.155. The Morgan fingerprint density at radius 3 is 2.84 bits per heavy atom. The lowest BCUT2D eigenvalue weighted by atomic mass is 9.55. The maximum absolute atomic E-state index is 12.5. The Kier molecular flexibility index (Phi) is 4.13. The summed E-state index contributed by atoms with van der Waals surface area (Å²) < 4.78 is 6.60. The first-order valence-electron chi connectivity index (χ1n) is 9.03. The van der Waals surface area contributed by atoms with Crippen LogP contribution in [0.5, 0.6) is 5.75 Å². The number of carbonyl (C=O) groups excluding carboxylic acids is 2.